The Labute approximate surface area is 243 Å². The van der Waals surface area contributed by atoms with E-state index in [1.165, 1.54) is 6.07 Å². The van der Waals surface area contributed by atoms with Gasteiger partial charge in [-0.05, 0) is 80.9 Å². The average Bonchev–Trinajstić information content (AvgIpc) is 2.90. The molecule has 6 N–H and O–H groups in total. The van der Waals surface area contributed by atoms with Crippen molar-refractivity contribution in [2.45, 2.75) is 57.3 Å². The van der Waals surface area contributed by atoms with Crippen LogP contribution in [0.3, 0.4) is 0 Å². The van der Waals surface area contributed by atoms with Gasteiger partial charge in [0.1, 0.15) is 23.9 Å². The van der Waals surface area contributed by atoms with Gasteiger partial charge in [0.25, 0.3) is 11.8 Å². The van der Waals surface area contributed by atoms with Crippen LogP contribution >= 0.6 is 0 Å². The van der Waals surface area contributed by atoms with Crippen LogP contribution in [-0.4, -0.2) is 47.5 Å². The molecule has 10 heteroatoms. The number of dihydropyridines is 1. The third kappa shape index (κ3) is 6.38. The van der Waals surface area contributed by atoms with Crippen LogP contribution in [0, 0.1) is 16.6 Å². The number of amides is 2. The third-order valence-electron chi connectivity index (χ3n) is 7.80. The minimum absolute atomic E-state index is 0.0200. The van der Waals surface area contributed by atoms with E-state index in [0.717, 1.165) is 31.9 Å². The van der Waals surface area contributed by atoms with Crippen molar-refractivity contribution >= 4 is 18.0 Å². The maximum absolute atomic E-state index is 14.3. The molecule has 2 fully saturated rings. The number of primary amides is 1. The number of halogens is 1. The molecule has 220 valence electrons. The summed E-state index contributed by atoms with van der Waals surface area (Å²) in [5, 5.41) is 23.6. The molecule has 5 rings (SSSR count). The zero-order chi connectivity index (χ0) is 30.1. The summed E-state index contributed by atoms with van der Waals surface area (Å²) in [6.07, 6.45) is 8.93. The average molecular weight is 575 g/mol. The highest BCUT2D eigenvalue weighted by Crippen LogP contribution is 2.57. The van der Waals surface area contributed by atoms with Gasteiger partial charge in [-0.3, -0.25) is 9.59 Å². The summed E-state index contributed by atoms with van der Waals surface area (Å²) in [5.74, 6) is -0.470. The van der Waals surface area contributed by atoms with Gasteiger partial charge in [-0.1, -0.05) is 24.3 Å². The van der Waals surface area contributed by atoms with Crippen LogP contribution in [0.15, 0.2) is 77.8 Å². The Bertz CT molecular complexity index is 1490. The van der Waals surface area contributed by atoms with Gasteiger partial charge >= 0.3 is 0 Å². The summed E-state index contributed by atoms with van der Waals surface area (Å²) in [6.45, 7) is 3.40. The Hall–Kier alpha value is -4.44. The fraction of sp³-hybridized carbons (Fsp3) is 0.344. The number of nitrogens with two attached hydrogens (primary N) is 1. The third-order valence-corrected chi connectivity index (χ3v) is 7.80. The number of allylic oxidation sites excluding steroid dienone is 2. The molecule has 1 spiro atoms. The van der Waals surface area contributed by atoms with E-state index in [1.54, 1.807) is 68.6 Å². The lowest BCUT2D eigenvalue weighted by atomic mass is 9.53. The molecular formula is C32H35FN4O5. The van der Waals surface area contributed by atoms with Gasteiger partial charge in [-0.15, -0.1) is 0 Å². The zero-order valence-corrected chi connectivity index (χ0v) is 23.6. The largest absolute Gasteiger partial charge is 0.490 e. The lowest BCUT2D eigenvalue weighted by Gasteiger charge is -2.57. The van der Waals surface area contributed by atoms with Gasteiger partial charge in [0.15, 0.2) is 0 Å². The summed E-state index contributed by atoms with van der Waals surface area (Å²) in [5.41, 5.74) is 6.58. The van der Waals surface area contributed by atoms with E-state index < -0.39 is 11.5 Å². The minimum atomic E-state index is -0.974. The second kappa shape index (κ2) is 11.4. The predicted octanol–water partition coefficient (Wildman–Crippen LogP) is 4.09. The van der Waals surface area contributed by atoms with Gasteiger partial charge < -0.3 is 36.4 Å². The molecule has 0 aromatic heterocycles. The van der Waals surface area contributed by atoms with Gasteiger partial charge in [-0.25, -0.2) is 4.39 Å². The molecule has 0 atom stereocenters. The lowest BCUT2D eigenvalue weighted by molar-refractivity contribution is -0.123. The first-order valence-corrected chi connectivity index (χ1v) is 13.9. The molecule has 1 aliphatic heterocycles. The molecule has 2 amide bonds. The highest BCUT2D eigenvalue weighted by molar-refractivity contribution is 6.12. The van der Waals surface area contributed by atoms with Crippen molar-refractivity contribution in [1.82, 2.24) is 10.6 Å². The van der Waals surface area contributed by atoms with E-state index in [1.807, 2.05) is 0 Å². The number of nitrogens with one attached hydrogen (secondary N) is 3. The first-order chi connectivity index (χ1) is 19.9. The van der Waals surface area contributed by atoms with Crippen LogP contribution in [0.5, 0.6) is 5.75 Å². The number of carbonyl (C=O) groups is 2. The van der Waals surface area contributed by atoms with Gasteiger partial charge in [0.2, 0.25) is 0 Å². The van der Waals surface area contributed by atoms with Gasteiger partial charge in [0, 0.05) is 24.0 Å². The highest BCUT2D eigenvalue weighted by Gasteiger charge is 2.54. The molecule has 0 saturated heterocycles. The Kier molecular flexibility index (Phi) is 7.92. The normalized spacial score (nSPS) is 24.0. The summed E-state index contributed by atoms with van der Waals surface area (Å²) in [7, 11) is 0. The van der Waals surface area contributed by atoms with Crippen LogP contribution < -0.4 is 21.1 Å². The Morgan fingerprint density at radius 1 is 1.19 bits per heavy atom. The van der Waals surface area contributed by atoms with Crippen molar-refractivity contribution in [3.05, 3.63) is 89.2 Å². The molecule has 2 aromatic carbocycles. The van der Waals surface area contributed by atoms with Gasteiger partial charge in [0.05, 0.1) is 28.5 Å². The quantitative estimate of drug-likeness (QED) is 0.213. The molecule has 0 unspecified atom stereocenters. The van der Waals surface area contributed by atoms with Crippen molar-refractivity contribution in [2.24, 2.45) is 11.1 Å². The molecule has 2 aromatic rings. The second-order valence-electron chi connectivity index (χ2n) is 11.9. The van der Waals surface area contributed by atoms with E-state index in [9.17, 15) is 19.1 Å². The van der Waals surface area contributed by atoms with Crippen LogP contribution in [-0.2, 0) is 9.53 Å². The summed E-state index contributed by atoms with van der Waals surface area (Å²) < 4.78 is 26.1. The molecule has 42 heavy (non-hydrogen) atoms. The van der Waals surface area contributed by atoms with E-state index in [4.69, 9.17) is 20.6 Å². The first-order valence-electron chi connectivity index (χ1n) is 13.9. The molecule has 0 radical (unpaired) electrons. The number of rotatable bonds is 10. The van der Waals surface area contributed by atoms with E-state index in [0.29, 0.717) is 28.3 Å². The van der Waals surface area contributed by atoms with Crippen LogP contribution in [0.25, 0.3) is 11.1 Å². The standard InChI is InChI=1S/C32H35FN4O5/c1-31(2,40)18-41-21-8-10-27(36-17-21)25(16-34)30(39)37-20-12-32(13-20)14-22(15-32)42-28-11-19(7-9-24(28)29(35)38)23-5-3-4-6-26(23)33/h3-11,16-17,20,22,34,36,40H,12-15,18H2,1-2H3,(H2,35,38)(H,37,39)/b27-25+,34-16?. The van der Waals surface area contributed by atoms with Gasteiger partial charge in [-0.2, -0.15) is 0 Å². The smallest absolute Gasteiger partial charge is 0.255 e. The van der Waals surface area contributed by atoms with E-state index in [2.05, 4.69) is 10.6 Å². The number of carbonyl (C=O) groups excluding carboxylic acids is 2. The topological polar surface area (TPSA) is 147 Å². The number of hydrogen-bond donors (Lipinski definition) is 5. The molecular weight excluding hydrogens is 539 g/mol. The van der Waals surface area contributed by atoms with Crippen molar-refractivity contribution in [3.8, 4) is 16.9 Å². The minimum Gasteiger partial charge on any atom is -0.490 e. The zero-order valence-electron chi connectivity index (χ0n) is 23.6. The monoisotopic (exact) mass is 574 g/mol. The van der Waals surface area contributed by atoms with Crippen LogP contribution in [0.2, 0.25) is 0 Å². The first kappa shape index (κ1) is 29.1. The summed E-state index contributed by atoms with van der Waals surface area (Å²) >= 11 is 0. The maximum atomic E-state index is 14.3. The lowest BCUT2D eigenvalue weighted by Crippen LogP contribution is -2.59. The number of hydrogen-bond acceptors (Lipinski definition) is 7. The fourth-order valence-electron chi connectivity index (χ4n) is 5.73. The van der Waals surface area contributed by atoms with Crippen molar-refractivity contribution < 1.29 is 28.6 Å². The fourth-order valence-corrected chi connectivity index (χ4v) is 5.73. The van der Waals surface area contributed by atoms with E-state index >= 15 is 0 Å². The number of ether oxygens (including phenoxy) is 2. The summed E-state index contributed by atoms with van der Waals surface area (Å²) in [6, 6.07) is 11.3. The Balaban J connectivity index is 1.14. The van der Waals surface area contributed by atoms with Crippen molar-refractivity contribution in [1.29, 1.82) is 5.41 Å². The molecule has 0 bridgehead atoms. The van der Waals surface area contributed by atoms with Crippen LogP contribution in [0.4, 0.5) is 4.39 Å². The van der Waals surface area contributed by atoms with Crippen molar-refractivity contribution in [3.63, 3.8) is 0 Å². The number of benzene rings is 2. The Morgan fingerprint density at radius 3 is 2.55 bits per heavy atom. The molecule has 1 heterocycles. The maximum Gasteiger partial charge on any atom is 0.255 e. The van der Waals surface area contributed by atoms with E-state index in [-0.39, 0.29) is 47.0 Å². The molecule has 2 aliphatic carbocycles. The molecule has 2 saturated carbocycles. The molecule has 3 aliphatic rings. The van der Waals surface area contributed by atoms with Crippen molar-refractivity contribution in [2.75, 3.05) is 6.61 Å². The second-order valence-corrected chi connectivity index (χ2v) is 11.9. The predicted molar refractivity (Wildman–Crippen MR) is 156 cm³/mol. The SMILES string of the molecule is CC(C)(O)COC1=CN/C(=C(\C=N)C(=O)NC2CC3(C2)CC(Oc2cc(-c4ccccc4F)ccc2C(N)=O)C3)C=C1. The van der Waals surface area contributed by atoms with Crippen LogP contribution in [0.1, 0.15) is 49.9 Å². The highest BCUT2D eigenvalue weighted by atomic mass is 19.1. The number of aliphatic hydroxyl groups is 1. The summed E-state index contributed by atoms with van der Waals surface area (Å²) in [4.78, 5) is 25.0. The Morgan fingerprint density at radius 2 is 1.93 bits per heavy atom. The molecule has 9 nitrogen and oxygen atoms in total.